The fraction of sp³-hybridized carbons (Fsp3) is 0.0952. The lowest BCUT2D eigenvalue weighted by atomic mass is 10.1. The van der Waals surface area contributed by atoms with Gasteiger partial charge in [-0.1, -0.05) is 18.2 Å². The van der Waals surface area contributed by atoms with Gasteiger partial charge in [0.25, 0.3) is 5.56 Å². The molecule has 8 nitrogen and oxygen atoms in total. The molecule has 30 heavy (non-hydrogen) atoms. The lowest BCUT2D eigenvalue weighted by molar-refractivity contribution is 0.0702. The third-order valence-corrected chi connectivity index (χ3v) is 5.93. The van der Waals surface area contributed by atoms with Gasteiger partial charge in [-0.05, 0) is 36.4 Å². The number of aromatic nitrogens is 2. The number of carboxylic acid groups (broad SMARTS) is 1. The zero-order valence-corrected chi connectivity index (χ0v) is 16.4. The third kappa shape index (κ3) is 2.87. The van der Waals surface area contributed by atoms with Crippen molar-refractivity contribution in [2.75, 3.05) is 23.8 Å². The third-order valence-electron chi connectivity index (χ3n) is 4.92. The Labute approximate surface area is 174 Å². The normalized spacial score (nSPS) is 13.1. The van der Waals surface area contributed by atoms with Crippen molar-refractivity contribution >= 4 is 44.8 Å². The molecule has 3 N–H and O–H groups in total. The Bertz CT molecular complexity index is 1350. The molecule has 0 bridgehead atoms. The second-order valence-corrected chi connectivity index (χ2v) is 7.76. The summed E-state index contributed by atoms with van der Waals surface area (Å²) in [6, 6.07) is 16.7. The lowest BCUT2D eigenvalue weighted by Crippen LogP contribution is -2.29. The van der Waals surface area contributed by atoms with E-state index in [1.54, 1.807) is 12.1 Å². The summed E-state index contributed by atoms with van der Waals surface area (Å²) in [5, 5.41) is 9.35. The molecule has 0 radical (unpaired) electrons. The highest BCUT2D eigenvalue weighted by atomic mass is 32.1. The van der Waals surface area contributed by atoms with Gasteiger partial charge in [-0.15, -0.1) is 11.3 Å². The van der Waals surface area contributed by atoms with Crippen LogP contribution in [0, 0.1) is 0 Å². The fourth-order valence-electron chi connectivity index (χ4n) is 3.58. The number of para-hydroxylation sites is 1. The van der Waals surface area contributed by atoms with Gasteiger partial charge < -0.3 is 20.5 Å². The average molecular weight is 420 g/mol. The Hall–Kier alpha value is -3.85. The predicted molar refractivity (Wildman–Crippen MR) is 116 cm³/mol. The Morgan fingerprint density at radius 3 is 2.70 bits per heavy atom. The number of hydrogen-bond acceptors (Lipinski definition) is 7. The Morgan fingerprint density at radius 1 is 1.13 bits per heavy atom. The number of aromatic carboxylic acids is 1. The molecule has 4 aromatic rings. The minimum absolute atomic E-state index is 0.0865. The molecule has 0 fully saturated rings. The quantitative estimate of drug-likeness (QED) is 0.523. The number of fused-ring (bicyclic) bond motifs is 2. The average Bonchev–Trinajstić information content (AvgIpc) is 3.18. The number of nitrogen functional groups attached to an aromatic ring is 1. The number of carboxylic acids is 1. The first-order valence-electron chi connectivity index (χ1n) is 9.18. The number of benzene rings is 2. The number of nitrogens with two attached hydrogens (primary N) is 1. The number of thiophene rings is 1. The zero-order chi connectivity index (χ0) is 20.8. The standard InChI is InChI=1S/C21H16N4O4S/c22-18-20(26)25(15-11-17(21(27)28)30-19(15)23-18)13-6-7-16-14(10-13)24(8-9-29-16)12-4-2-1-3-5-12/h1-7,10-11H,8-9H2,(H2,22,23)(H,27,28). The van der Waals surface area contributed by atoms with E-state index in [1.165, 1.54) is 10.6 Å². The summed E-state index contributed by atoms with van der Waals surface area (Å²) in [7, 11) is 0. The number of ether oxygens (including phenoxy) is 1. The van der Waals surface area contributed by atoms with Crippen molar-refractivity contribution < 1.29 is 14.6 Å². The Morgan fingerprint density at radius 2 is 1.93 bits per heavy atom. The molecule has 0 saturated carbocycles. The Balaban J connectivity index is 1.73. The highest BCUT2D eigenvalue weighted by Crippen LogP contribution is 2.38. The van der Waals surface area contributed by atoms with Crippen LogP contribution in [0.2, 0.25) is 0 Å². The van der Waals surface area contributed by atoms with Gasteiger partial charge in [0.2, 0.25) is 0 Å². The van der Waals surface area contributed by atoms with E-state index in [9.17, 15) is 14.7 Å². The van der Waals surface area contributed by atoms with Crippen LogP contribution in [0.5, 0.6) is 5.75 Å². The monoisotopic (exact) mass is 420 g/mol. The smallest absolute Gasteiger partial charge is 0.346 e. The van der Waals surface area contributed by atoms with E-state index in [0.29, 0.717) is 34.9 Å². The van der Waals surface area contributed by atoms with E-state index in [4.69, 9.17) is 10.5 Å². The van der Waals surface area contributed by atoms with Crippen LogP contribution in [0.4, 0.5) is 17.2 Å². The molecule has 0 spiro atoms. The SMILES string of the molecule is Nc1nc2sc(C(=O)O)cc2n(-c2ccc3c(c2)N(c2ccccc2)CCO3)c1=O. The molecule has 2 aromatic carbocycles. The minimum Gasteiger partial charge on any atom is -0.490 e. The summed E-state index contributed by atoms with van der Waals surface area (Å²) in [6.07, 6.45) is 0. The molecule has 1 aliphatic rings. The first kappa shape index (κ1) is 18.2. The van der Waals surface area contributed by atoms with Crippen LogP contribution >= 0.6 is 11.3 Å². The summed E-state index contributed by atoms with van der Waals surface area (Å²) in [4.78, 5) is 31.0. The van der Waals surface area contributed by atoms with E-state index in [1.807, 2.05) is 36.4 Å². The molecule has 9 heteroatoms. The van der Waals surface area contributed by atoms with Crippen molar-refractivity contribution in [1.29, 1.82) is 0 Å². The second kappa shape index (κ2) is 6.89. The van der Waals surface area contributed by atoms with Crippen LogP contribution < -0.4 is 20.9 Å². The summed E-state index contributed by atoms with van der Waals surface area (Å²) in [6.45, 7) is 1.20. The first-order valence-corrected chi connectivity index (χ1v) is 10.00. The second-order valence-electron chi connectivity index (χ2n) is 6.73. The van der Waals surface area contributed by atoms with Crippen LogP contribution in [0.25, 0.3) is 16.0 Å². The summed E-state index contributed by atoms with van der Waals surface area (Å²) in [5.74, 6) is -0.559. The molecule has 2 aromatic heterocycles. The van der Waals surface area contributed by atoms with E-state index >= 15 is 0 Å². The van der Waals surface area contributed by atoms with Crippen LogP contribution in [-0.2, 0) is 0 Å². The fourth-order valence-corrected chi connectivity index (χ4v) is 4.44. The topological polar surface area (TPSA) is 111 Å². The minimum atomic E-state index is -1.08. The van der Waals surface area contributed by atoms with Gasteiger partial charge in [-0.3, -0.25) is 9.36 Å². The predicted octanol–water partition coefficient (Wildman–Crippen LogP) is 3.26. The first-order chi connectivity index (χ1) is 14.5. The van der Waals surface area contributed by atoms with Gasteiger partial charge in [0.05, 0.1) is 23.4 Å². The Kier molecular flexibility index (Phi) is 4.18. The highest BCUT2D eigenvalue weighted by Gasteiger charge is 2.22. The maximum Gasteiger partial charge on any atom is 0.346 e. The van der Waals surface area contributed by atoms with Crippen LogP contribution in [0.1, 0.15) is 9.67 Å². The molecule has 0 saturated heterocycles. The van der Waals surface area contributed by atoms with E-state index < -0.39 is 11.5 Å². The zero-order valence-electron chi connectivity index (χ0n) is 15.6. The molecule has 0 atom stereocenters. The molecule has 0 unspecified atom stereocenters. The largest absolute Gasteiger partial charge is 0.490 e. The number of carbonyl (C=O) groups is 1. The summed E-state index contributed by atoms with van der Waals surface area (Å²) in [5.41, 5.74) is 8.13. The van der Waals surface area contributed by atoms with Gasteiger partial charge in [0, 0.05) is 5.69 Å². The molecule has 150 valence electrons. The molecule has 1 aliphatic heterocycles. The number of hydrogen-bond donors (Lipinski definition) is 2. The summed E-state index contributed by atoms with van der Waals surface area (Å²) < 4.78 is 7.20. The molecule has 0 aliphatic carbocycles. The molecular formula is C21H16N4O4S. The highest BCUT2D eigenvalue weighted by molar-refractivity contribution is 7.20. The van der Waals surface area contributed by atoms with Gasteiger partial charge in [-0.2, -0.15) is 0 Å². The maximum atomic E-state index is 12.9. The van der Waals surface area contributed by atoms with Gasteiger partial charge in [0.1, 0.15) is 22.1 Å². The van der Waals surface area contributed by atoms with Crippen molar-refractivity contribution in [3.05, 3.63) is 69.8 Å². The van der Waals surface area contributed by atoms with Crippen LogP contribution in [0.15, 0.2) is 59.4 Å². The van der Waals surface area contributed by atoms with Gasteiger partial charge >= 0.3 is 5.97 Å². The molecule has 0 amide bonds. The van der Waals surface area contributed by atoms with E-state index in [2.05, 4.69) is 9.88 Å². The van der Waals surface area contributed by atoms with Gasteiger partial charge in [0.15, 0.2) is 5.82 Å². The van der Waals surface area contributed by atoms with Crippen molar-refractivity contribution in [3.8, 4) is 11.4 Å². The number of rotatable bonds is 3. The van der Waals surface area contributed by atoms with Crippen molar-refractivity contribution in [2.24, 2.45) is 0 Å². The lowest BCUT2D eigenvalue weighted by Gasteiger charge is -2.31. The van der Waals surface area contributed by atoms with E-state index in [-0.39, 0.29) is 10.7 Å². The van der Waals surface area contributed by atoms with Crippen molar-refractivity contribution in [1.82, 2.24) is 9.55 Å². The van der Waals surface area contributed by atoms with Crippen LogP contribution in [-0.4, -0.2) is 33.8 Å². The van der Waals surface area contributed by atoms with Crippen molar-refractivity contribution in [2.45, 2.75) is 0 Å². The molecular weight excluding hydrogens is 404 g/mol. The molecule has 3 heterocycles. The number of anilines is 3. The van der Waals surface area contributed by atoms with Gasteiger partial charge in [-0.25, -0.2) is 9.78 Å². The number of nitrogens with zero attached hydrogens (tertiary/aromatic N) is 3. The summed E-state index contributed by atoms with van der Waals surface area (Å²) >= 11 is 0.978. The van der Waals surface area contributed by atoms with Crippen LogP contribution in [0.3, 0.4) is 0 Å². The molecule has 5 rings (SSSR count). The maximum absolute atomic E-state index is 12.9. The van der Waals surface area contributed by atoms with E-state index in [0.717, 1.165) is 22.7 Å². The van der Waals surface area contributed by atoms with Crippen molar-refractivity contribution in [3.63, 3.8) is 0 Å².